The molecule has 0 fully saturated rings. The van der Waals surface area contributed by atoms with Gasteiger partial charge in [-0.05, 0) is 12.2 Å². The Balaban J connectivity index is 4.75. The summed E-state index contributed by atoms with van der Waals surface area (Å²) in [4.78, 5) is 10.9. The van der Waals surface area contributed by atoms with Crippen molar-refractivity contribution in [2.24, 2.45) is 0 Å². The summed E-state index contributed by atoms with van der Waals surface area (Å²) in [6, 6.07) is 0. The highest BCUT2D eigenvalue weighted by molar-refractivity contribution is 7.85. The molecule has 2 N–H and O–H groups in total. The first-order valence-electron chi connectivity index (χ1n) is 5.48. The van der Waals surface area contributed by atoms with Crippen LogP contribution in [0.4, 0.5) is 0 Å². The van der Waals surface area contributed by atoms with Gasteiger partial charge in [0.05, 0.1) is 25.4 Å². The van der Waals surface area contributed by atoms with Gasteiger partial charge in [0, 0.05) is 6.42 Å². The predicted octanol–water partition coefficient (Wildman–Crippen LogP) is 0.538. The number of rotatable bonds is 10. The van der Waals surface area contributed by atoms with E-state index in [-0.39, 0.29) is 23.2 Å². The first-order valence-corrected chi connectivity index (χ1v) is 7.09. The first-order chi connectivity index (χ1) is 8.24. The van der Waals surface area contributed by atoms with Crippen molar-refractivity contribution in [1.82, 2.24) is 0 Å². The minimum atomic E-state index is -4.01. The highest BCUT2D eigenvalue weighted by Crippen LogP contribution is 2.10. The molecule has 0 saturated carbocycles. The third-order valence-electron chi connectivity index (χ3n) is 2.54. The molecule has 0 aliphatic rings. The zero-order valence-electron chi connectivity index (χ0n) is 10.3. The predicted molar refractivity (Wildman–Crippen MR) is 68.8 cm³/mol. The van der Waals surface area contributed by atoms with Crippen molar-refractivity contribution in [2.45, 2.75) is 6.42 Å². The van der Waals surface area contributed by atoms with Gasteiger partial charge in [0.2, 0.25) is 0 Å². The molecule has 0 atom stereocenters. The molecular weight excluding hydrogens is 258 g/mol. The summed E-state index contributed by atoms with van der Waals surface area (Å²) in [7, 11) is -4.01. The number of carbonyl (C=O) groups is 1. The monoisotopic (exact) mass is 278 g/mol. The van der Waals surface area contributed by atoms with E-state index in [0.29, 0.717) is 19.6 Å². The van der Waals surface area contributed by atoms with Gasteiger partial charge in [-0.25, -0.2) is 4.79 Å². The van der Waals surface area contributed by atoms with E-state index < -0.39 is 16.1 Å². The molecule has 0 bridgehead atoms. The average Bonchev–Trinajstić information content (AvgIpc) is 2.14. The number of carboxylic acids is 1. The number of hydrogen-bond donors (Lipinski definition) is 2. The van der Waals surface area contributed by atoms with E-state index in [4.69, 9.17) is 9.66 Å². The van der Waals surface area contributed by atoms with Crippen LogP contribution in [0.3, 0.4) is 0 Å². The maximum absolute atomic E-state index is 10.9. The first kappa shape index (κ1) is 16.8. The molecule has 0 amide bonds. The van der Waals surface area contributed by atoms with Crippen LogP contribution >= 0.6 is 0 Å². The molecule has 0 aromatic heterocycles. The fraction of sp³-hybridized carbons (Fsp3) is 0.545. The summed E-state index contributed by atoms with van der Waals surface area (Å²) in [5.74, 6) is -1.34. The zero-order chi connectivity index (χ0) is 14.2. The Kier molecular flexibility index (Phi) is 6.82. The van der Waals surface area contributed by atoms with Crippen LogP contribution in [0.25, 0.3) is 0 Å². The quantitative estimate of drug-likeness (QED) is 0.346. The van der Waals surface area contributed by atoms with E-state index in [1.165, 1.54) is 0 Å². The van der Waals surface area contributed by atoms with Crippen LogP contribution in [0.5, 0.6) is 0 Å². The van der Waals surface area contributed by atoms with E-state index >= 15 is 0 Å². The van der Waals surface area contributed by atoms with Crippen molar-refractivity contribution < 1.29 is 27.4 Å². The van der Waals surface area contributed by atoms with Gasteiger partial charge >= 0.3 is 5.97 Å². The molecule has 18 heavy (non-hydrogen) atoms. The minimum Gasteiger partial charge on any atom is -0.477 e. The summed E-state index contributed by atoms with van der Waals surface area (Å²) in [6.45, 7) is 8.16. The molecule has 0 spiro atoms. The van der Waals surface area contributed by atoms with Crippen LogP contribution in [0.2, 0.25) is 0 Å². The third kappa shape index (κ3) is 7.21. The fourth-order valence-electron chi connectivity index (χ4n) is 1.88. The lowest BCUT2D eigenvalue weighted by atomic mass is 10.2. The average molecular weight is 278 g/mol. The Labute approximate surface area is 108 Å². The summed E-state index contributed by atoms with van der Waals surface area (Å²) in [5.41, 5.74) is 0. The Morgan fingerprint density at radius 2 is 1.72 bits per heavy atom. The smallest absolute Gasteiger partial charge is 0.359 e. The van der Waals surface area contributed by atoms with Gasteiger partial charge in [-0.1, -0.05) is 13.2 Å². The number of quaternary nitrogens is 1. The maximum Gasteiger partial charge on any atom is 0.359 e. The molecule has 0 aromatic carbocycles. The van der Waals surface area contributed by atoms with Crippen LogP contribution < -0.4 is 0 Å². The van der Waals surface area contributed by atoms with Crippen LogP contribution in [0, 0.1) is 0 Å². The normalized spacial score (nSPS) is 12.1. The lowest BCUT2D eigenvalue weighted by molar-refractivity contribution is -0.910. The second-order valence-corrected chi connectivity index (χ2v) is 5.77. The minimum absolute atomic E-state index is 0.135. The maximum atomic E-state index is 10.9. The molecule has 6 nitrogen and oxygen atoms in total. The zero-order valence-corrected chi connectivity index (χ0v) is 11.1. The molecule has 0 aromatic rings. The third-order valence-corrected chi connectivity index (χ3v) is 3.34. The van der Waals surface area contributed by atoms with Gasteiger partial charge < -0.3 is 9.59 Å². The largest absolute Gasteiger partial charge is 0.477 e. The SMILES string of the molecule is C=CC[N+](CC=C)(CCCS(=O)(=O)O)CC(=O)O. The summed E-state index contributed by atoms with van der Waals surface area (Å²) < 4.78 is 30.1. The van der Waals surface area contributed by atoms with E-state index in [0.717, 1.165) is 0 Å². The topological polar surface area (TPSA) is 91.7 Å². The van der Waals surface area contributed by atoms with Gasteiger partial charge in [-0.2, -0.15) is 8.42 Å². The molecule has 0 saturated heterocycles. The molecule has 0 aliphatic carbocycles. The molecule has 7 heteroatoms. The molecule has 104 valence electrons. The van der Waals surface area contributed by atoms with Crippen LogP contribution in [0.15, 0.2) is 25.3 Å². The second-order valence-electron chi connectivity index (χ2n) is 4.20. The van der Waals surface area contributed by atoms with E-state index in [1.807, 2.05) is 0 Å². The molecule has 0 aliphatic heterocycles. The number of hydrogen-bond acceptors (Lipinski definition) is 3. The van der Waals surface area contributed by atoms with Crippen molar-refractivity contribution in [3.05, 3.63) is 25.3 Å². The molecule has 0 unspecified atom stereocenters. The number of aliphatic carboxylic acids is 1. The highest BCUT2D eigenvalue weighted by atomic mass is 32.2. The molecular formula is C11H20NO5S+. The van der Waals surface area contributed by atoms with Crippen molar-refractivity contribution in [3.8, 4) is 0 Å². The van der Waals surface area contributed by atoms with E-state index in [2.05, 4.69) is 13.2 Å². The Morgan fingerprint density at radius 3 is 2.06 bits per heavy atom. The van der Waals surface area contributed by atoms with Crippen LogP contribution in [0.1, 0.15) is 6.42 Å². The van der Waals surface area contributed by atoms with E-state index in [9.17, 15) is 13.2 Å². The lowest BCUT2D eigenvalue weighted by Crippen LogP contribution is -2.52. The van der Waals surface area contributed by atoms with Crippen LogP contribution in [-0.2, 0) is 14.9 Å². The van der Waals surface area contributed by atoms with Gasteiger partial charge in [0.15, 0.2) is 6.54 Å². The Morgan fingerprint density at radius 1 is 1.22 bits per heavy atom. The van der Waals surface area contributed by atoms with Crippen molar-refractivity contribution in [3.63, 3.8) is 0 Å². The van der Waals surface area contributed by atoms with Crippen molar-refractivity contribution >= 4 is 16.1 Å². The standard InChI is InChI=1S/C11H19NO5S/c1-3-6-12(7-4-2,10-11(13)14)8-5-9-18(15,16)17/h3-4H,1-2,5-10H2,(H-,13,14,15,16,17)/p+1. The Hall–Kier alpha value is -1.18. The van der Waals surface area contributed by atoms with E-state index in [1.54, 1.807) is 12.2 Å². The summed E-state index contributed by atoms with van der Waals surface area (Å²) in [5, 5.41) is 8.91. The van der Waals surface area contributed by atoms with Gasteiger partial charge in [-0.15, -0.1) is 0 Å². The molecule has 0 rings (SSSR count). The number of nitrogens with zero attached hydrogens (tertiary/aromatic N) is 1. The lowest BCUT2D eigenvalue weighted by Gasteiger charge is -2.35. The summed E-state index contributed by atoms with van der Waals surface area (Å²) in [6.07, 6.45) is 3.38. The molecule has 0 radical (unpaired) electrons. The number of carboxylic acid groups (broad SMARTS) is 1. The highest BCUT2D eigenvalue weighted by Gasteiger charge is 2.28. The molecule has 0 heterocycles. The van der Waals surface area contributed by atoms with Gasteiger partial charge in [-0.3, -0.25) is 4.55 Å². The van der Waals surface area contributed by atoms with Crippen LogP contribution in [-0.4, -0.2) is 60.5 Å². The van der Waals surface area contributed by atoms with Crippen molar-refractivity contribution in [2.75, 3.05) is 31.9 Å². The van der Waals surface area contributed by atoms with Gasteiger partial charge in [0.1, 0.15) is 0 Å². The van der Waals surface area contributed by atoms with Gasteiger partial charge in [0.25, 0.3) is 10.1 Å². The second kappa shape index (κ2) is 7.30. The van der Waals surface area contributed by atoms with Crippen molar-refractivity contribution in [1.29, 1.82) is 0 Å². The summed E-state index contributed by atoms with van der Waals surface area (Å²) >= 11 is 0. The fourth-order valence-corrected chi connectivity index (χ4v) is 2.38. The Bertz CT molecular complexity index is 392.